The lowest BCUT2D eigenvalue weighted by atomic mass is 9.77. The van der Waals surface area contributed by atoms with Crippen molar-refractivity contribution < 1.29 is 9.59 Å². The van der Waals surface area contributed by atoms with Crippen LogP contribution in [0.25, 0.3) is 0 Å². The SMILES string of the molecule is CC(=O)N1CCN(C(=O)C2CCC(N)CC2C)CC1. The summed E-state index contributed by atoms with van der Waals surface area (Å²) in [5.74, 6) is 0.873. The highest BCUT2D eigenvalue weighted by Gasteiger charge is 2.34. The highest BCUT2D eigenvalue weighted by atomic mass is 16.2. The number of rotatable bonds is 1. The van der Waals surface area contributed by atoms with Gasteiger partial charge in [0.1, 0.15) is 0 Å². The Morgan fingerprint density at radius 3 is 2.16 bits per heavy atom. The van der Waals surface area contributed by atoms with Gasteiger partial charge in [0.15, 0.2) is 0 Å². The number of piperazine rings is 1. The van der Waals surface area contributed by atoms with Gasteiger partial charge in [-0.3, -0.25) is 9.59 Å². The second-order valence-electron chi connectivity index (χ2n) is 5.99. The molecule has 1 saturated heterocycles. The van der Waals surface area contributed by atoms with E-state index in [4.69, 9.17) is 5.73 Å². The van der Waals surface area contributed by atoms with Crippen LogP contribution in [0.3, 0.4) is 0 Å². The van der Waals surface area contributed by atoms with Gasteiger partial charge in [-0.1, -0.05) is 6.92 Å². The molecule has 3 unspecified atom stereocenters. The molecule has 0 aromatic rings. The van der Waals surface area contributed by atoms with Crippen molar-refractivity contribution in [3.05, 3.63) is 0 Å². The molecule has 0 bridgehead atoms. The first kappa shape index (κ1) is 14.3. The third-order valence-electron chi connectivity index (χ3n) is 4.56. The third kappa shape index (κ3) is 3.26. The maximum Gasteiger partial charge on any atom is 0.226 e. The molecule has 5 nitrogen and oxygen atoms in total. The Bertz CT molecular complexity index is 351. The lowest BCUT2D eigenvalue weighted by Gasteiger charge is -2.39. The van der Waals surface area contributed by atoms with Gasteiger partial charge in [-0.15, -0.1) is 0 Å². The topological polar surface area (TPSA) is 66.6 Å². The van der Waals surface area contributed by atoms with E-state index < -0.39 is 0 Å². The first-order valence-corrected chi connectivity index (χ1v) is 7.29. The zero-order valence-electron chi connectivity index (χ0n) is 12.0. The van der Waals surface area contributed by atoms with Crippen LogP contribution >= 0.6 is 0 Å². The molecular formula is C14H25N3O2. The van der Waals surface area contributed by atoms with E-state index in [1.54, 1.807) is 6.92 Å². The number of hydrogen-bond acceptors (Lipinski definition) is 3. The molecule has 0 aromatic carbocycles. The molecule has 19 heavy (non-hydrogen) atoms. The Balaban J connectivity index is 1.89. The molecule has 1 aliphatic heterocycles. The summed E-state index contributed by atoms with van der Waals surface area (Å²) < 4.78 is 0. The fraction of sp³-hybridized carbons (Fsp3) is 0.857. The van der Waals surface area contributed by atoms with Crippen LogP contribution in [0.2, 0.25) is 0 Å². The molecule has 108 valence electrons. The van der Waals surface area contributed by atoms with Crippen LogP contribution in [0, 0.1) is 11.8 Å². The molecule has 2 rings (SSSR count). The van der Waals surface area contributed by atoms with Gasteiger partial charge in [0, 0.05) is 45.1 Å². The van der Waals surface area contributed by atoms with Crippen LogP contribution in [0.15, 0.2) is 0 Å². The molecule has 1 aliphatic carbocycles. The summed E-state index contributed by atoms with van der Waals surface area (Å²) in [7, 11) is 0. The first-order valence-electron chi connectivity index (χ1n) is 7.29. The maximum atomic E-state index is 12.5. The van der Waals surface area contributed by atoms with E-state index in [0.29, 0.717) is 32.1 Å². The van der Waals surface area contributed by atoms with E-state index in [2.05, 4.69) is 6.92 Å². The van der Waals surface area contributed by atoms with Gasteiger partial charge in [-0.2, -0.15) is 0 Å². The quantitative estimate of drug-likeness (QED) is 0.749. The molecule has 0 aromatic heterocycles. The molecule has 2 fully saturated rings. The van der Waals surface area contributed by atoms with Crippen molar-refractivity contribution in [3.63, 3.8) is 0 Å². The molecular weight excluding hydrogens is 242 g/mol. The van der Waals surface area contributed by atoms with Crippen LogP contribution in [0.4, 0.5) is 0 Å². The Labute approximate surface area is 115 Å². The van der Waals surface area contributed by atoms with E-state index in [0.717, 1.165) is 19.3 Å². The average molecular weight is 267 g/mol. The minimum Gasteiger partial charge on any atom is -0.339 e. The Hall–Kier alpha value is -1.10. The van der Waals surface area contributed by atoms with Crippen molar-refractivity contribution in [2.75, 3.05) is 26.2 Å². The Morgan fingerprint density at radius 2 is 1.63 bits per heavy atom. The molecule has 1 heterocycles. The van der Waals surface area contributed by atoms with Gasteiger partial charge in [-0.05, 0) is 25.2 Å². The van der Waals surface area contributed by atoms with Gasteiger partial charge in [-0.25, -0.2) is 0 Å². The number of carbonyl (C=O) groups is 2. The smallest absolute Gasteiger partial charge is 0.226 e. The van der Waals surface area contributed by atoms with Crippen molar-refractivity contribution in [1.29, 1.82) is 0 Å². The average Bonchev–Trinajstić information content (AvgIpc) is 2.38. The van der Waals surface area contributed by atoms with Crippen molar-refractivity contribution in [2.45, 2.75) is 39.2 Å². The molecule has 0 spiro atoms. The molecule has 3 atom stereocenters. The molecule has 0 radical (unpaired) electrons. The van der Waals surface area contributed by atoms with E-state index in [1.807, 2.05) is 9.80 Å². The van der Waals surface area contributed by atoms with E-state index >= 15 is 0 Å². The van der Waals surface area contributed by atoms with Crippen LogP contribution in [0.1, 0.15) is 33.1 Å². The monoisotopic (exact) mass is 267 g/mol. The number of hydrogen-bond donors (Lipinski definition) is 1. The number of nitrogens with zero attached hydrogens (tertiary/aromatic N) is 2. The summed E-state index contributed by atoms with van der Waals surface area (Å²) in [4.78, 5) is 27.5. The summed E-state index contributed by atoms with van der Waals surface area (Å²) in [6, 6.07) is 0.258. The van der Waals surface area contributed by atoms with Crippen LogP contribution in [-0.4, -0.2) is 53.8 Å². The van der Waals surface area contributed by atoms with Crippen molar-refractivity contribution in [2.24, 2.45) is 17.6 Å². The third-order valence-corrected chi connectivity index (χ3v) is 4.56. The highest BCUT2D eigenvalue weighted by molar-refractivity contribution is 5.80. The van der Waals surface area contributed by atoms with Crippen LogP contribution in [0.5, 0.6) is 0 Å². The van der Waals surface area contributed by atoms with E-state index in [1.165, 1.54) is 0 Å². The molecule has 2 amide bonds. The lowest BCUT2D eigenvalue weighted by molar-refractivity contribution is -0.143. The minimum atomic E-state index is 0.101. The van der Waals surface area contributed by atoms with Gasteiger partial charge >= 0.3 is 0 Å². The summed E-state index contributed by atoms with van der Waals surface area (Å²) >= 11 is 0. The summed E-state index contributed by atoms with van der Waals surface area (Å²) in [6.45, 7) is 6.40. The van der Waals surface area contributed by atoms with Gasteiger partial charge in [0.2, 0.25) is 11.8 Å². The molecule has 5 heteroatoms. The molecule has 2 N–H and O–H groups in total. The summed E-state index contributed by atoms with van der Waals surface area (Å²) in [5.41, 5.74) is 5.95. The zero-order valence-corrected chi connectivity index (χ0v) is 12.0. The Kier molecular flexibility index (Phi) is 4.45. The minimum absolute atomic E-state index is 0.101. The van der Waals surface area contributed by atoms with E-state index in [-0.39, 0.29) is 23.8 Å². The Morgan fingerprint density at radius 1 is 1.05 bits per heavy atom. The van der Waals surface area contributed by atoms with Gasteiger partial charge in [0.05, 0.1) is 0 Å². The zero-order chi connectivity index (χ0) is 14.0. The number of amides is 2. The molecule has 2 aliphatic rings. The van der Waals surface area contributed by atoms with Crippen molar-refractivity contribution in [1.82, 2.24) is 9.80 Å². The fourth-order valence-electron chi connectivity index (χ4n) is 3.28. The number of carbonyl (C=O) groups excluding carboxylic acids is 2. The summed E-state index contributed by atoms with van der Waals surface area (Å²) in [6.07, 6.45) is 2.81. The van der Waals surface area contributed by atoms with Gasteiger partial charge in [0.25, 0.3) is 0 Å². The first-order chi connectivity index (χ1) is 8.99. The van der Waals surface area contributed by atoms with Crippen molar-refractivity contribution >= 4 is 11.8 Å². The fourth-order valence-corrected chi connectivity index (χ4v) is 3.28. The normalized spacial score (nSPS) is 32.3. The standard InChI is InChI=1S/C14H25N3O2/c1-10-9-12(15)3-4-13(10)14(19)17-7-5-16(6-8-17)11(2)18/h10,12-13H,3-9,15H2,1-2H3. The van der Waals surface area contributed by atoms with E-state index in [9.17, 15) is 9.59 Å². The van der Waals surface area contributed by atoms with Crippen LogP contribution in [-0.2, 0) is 9.59 Å². The van der Waals surface area contributed by atoms with Crippen molar-refractivity contribution in [3.8, 4) is 0 Å². The summed E-state index contributed by atoms with van der Waals surface area (Å²) in [5, 5.41) is 0. The second-order valence-corrected chi connectivity index (χ2v) is 5.99. The molecule has 1 saturated carbocycles. The largest absolute Gasteiger partial charge is 0.339 e. The van der Waals surface area contributed by atoms with Gasteiger partial charge < -0.3 is 15.5 Å². The predicted molar refractivity (Wildman–Crippen MR) is 73.3 cm³/mol. The predicted octanol–water partition coefficient (Wildman–Crippen LogP) is 0.441. The highest BCUT2D eigenvalue weighted by Crippen LogP contribution is 2.30. The lowest BCUT2D eigenvalue weighted by Crippen LogP contribution is -2.52. The second kappa shape index (κ2) is 5.90. The maximum absolute atomic E-state index is 12.5. The van der Waals surface area contributed by atoms with Crippen LogP contribution < -0.4 is 5.73 Å². The number of nitrogens with two attached hydrogens (primary N) is 1.